The van der Waals surface area contributed by atoms with E-state index in [4.69, 9.17) is 4.74 Å². The molecule has 0 saturated carbocycles. The Labute approximate surface area is 169 Å². The van der Waals surface area contributed by atoms with Crippen molar-refractivity contribution in [2.24, 2.45) is 0 Å². The average molecular weight is 392 g/mol. The van der Waals surface area contributed by atoms with Crippen molar-refractivity contribution in [2.75, 3.05) is 5.32 Å². The Hall–Kier alpha value is -3.15. The predicted octanol–water partition coefficient (Wildman–Crippen LogP) is 3.83. The lowest BCUT2D eigenvalue weighted by Gasteiger charge is -2.29. The Kier molecular flexibility index (Phi) is 5.34. The average Bonchev–Trinajstić information content (AvgIpc) is 3.27. The van der Waals surface area contributed by atoms with E-state index in [2.05, 4.69) is 12.2 Å². The number of anilines is 1. The number of esters is 1. The maximum Gasteiger partial charge on any atom is 0.340 e. The number of cyclic esters (lactones) is 1. The van der Waals surface area contributed by atoms with E-state index in [-0.39, 0.29) is 18.2 Å². The van der Waals surface area contributed by atoms with E-state index in [1.54, 1.807) is 24.3 Å². The van der Waals surface area contributed by atoms with Crippen LogP contribution in [0.4, 0.5) is 5.69 Å². The van der Waals surface area contributed by atoms with Gasteiger partial charge in [-0.15, -0.1) is 0 Å². The molecule has 2 aromatic rings. The van der Waals surface area contributed by atoms with Crippen molar-refractivity contribution >= 4 is 23.5 Å². The van der Waals surface area contributed by atoms with Crippen LogP contribution in [0.3, 0.4) is 0 Å². The fourth-order valence-corrected chi connectivity index (χ4v) is 3.95. The zero-order valence-corrected chi connectivity index (χ0v) is 16.4. The van der Waals surface area contributed by atoms with Gasteiger partial charge in [0.2, 0.25) is 18.0 Å². The zero-order valence-electron chi connectivity index (χ0n) is 16.4. The van der Waals surface area contributed by atoms with Crippen LogP contribution in [0.2, 0.25) is 0 Å². The highest BCUT2D eigenvalue weighted by Gasteiger charge is 2.46. The monoisotopic (exact) mass is 392 g/mol. The quantitative estimate of drug-likeness (QED) is 0.758. The number of fused-ring (bicyclic) bond motifs is 1. The van der Waals surface area contributed by atoms with Crippen LogP contribution in [0.15, 0.2) is 48.5 Å². The van der Waals surface area contributed by atoms with Crippen molar-refractivity contribution < 1.29 is 19.1 Å². The molecular weight excluding hydrogens is 368 g/mol. The van der Waals surface area contributed by atoms with Gasteiger partial charge in [-0.05, 0) is 43.0 Å². The molecule has 6 nitrogen and oxygen atoms in total. The summed E-state index contributed by atoms with van der Waals surface area (Å²) >= 11 is 0. The maximum absolute atomic E-state index is 12.9. The van der Waals surface area contributed by atoms with Crippen LogP contribution in [0.1, 0.15) is 60.3 Å². The normalized spacial score (nSPS) is 20.5. The molecule has 1 N–H and O–H groups in total. The number of rotatable bonds is 6. The largest absolute Gasteiger partial charge is 0.433 e. The first-order valence-electron chi connectivity index (χ1n) is 10.1. The van der Waals surface area contributed by atoms with Crippen LogP contribution in [-0.4, -0.2) is 28.7 Å². The summed E-state index contributed by atoms with van der Waals surface area (Å²) in [4.78, 5) is 39.0. The van der Waals surface area contributed by atoms with Crippen LogP contribution < -0.4 is 5.32 Å². The van der Waals surface area contributed by atoms with E-state index in [0.717, 1.165) is 19.3 Å². The molecule has 0 spiro atoms. The third-order valence-electron chi connectivity index (χ3n) is 5.52. The van der Waals surface area contributed by atoms with Crippen molar-refractivity contribution in [1.82, 2.24) is 4.90 Å². The van der Waals surface area contributed by atoms with E-state index in [9.17, 15) is 14.4 Å². The van der Waals surface area contributed by atoms with Crippen molar-refractivity contribution in [3.8, 4) is 0 Å². The topological polar surface area (TPSA) is 75.7 Å². The van der Waals surface area contributed by atoms with Crippen molar-refractivity contribution in [1.29, 1.82) is 0 Å². The number of unbranched alkanes of at least 4 members (excludes halogenated alkanes) is 1. The van der Waals surface area contributed by atoms with Gasteiger partial charge >= 0.3 is 5.97 Å². The maximum atomic E-state index is 12.9. The smallest absolute Gasteiger partial charge is 0.340 e. The Balaban J connectivity index is 1.50. The van der Waals surface area contributed by atoms with E-state index < -0.39 is 18.2 Å². The first kappa shape index (κ1) is 19.2. The van der Waals surface area contributed by atoms with E-state index >= 15 is 0 Å². The third-order valence-corrected chi connectivity index (χ3v) is 5.52. The standard InChI is InChI=1S/C23H24N2O4/c1-2-3-6-15-9-11-16(12-10-15)24-21(27)19-13-14-20(26)25(19)22-17-7-4-5-8-18(17)23(28)29-22/h4-5,7-12,19,22H,2-3,6,13-14H2,1H3,(H,24,27)/t19-,22+/m1/s1. The lowest BCUT2D eigenvalue weighted by molar-refractivity contribution is -0.144. The van der Waals surface area contributed by atoms with Crippen molar-refractivity contribution in [3.63, 3.8) is 0 Å². The minimum Gasteiger partial charge on any atom is -0.433 e. The number of hydrogen-bond acceptors (Lipinski definition) is 4. The van der Waals surface area contributed by atoms with Gasteiger partial charge in [0.05, 0.1) is 5.56 Å². The SMILES string of the molecule is CCCCc1ccc(NC(=O)[C@H]2CCC(=O)N2[C@H]2OC(=O)c3ccccc32)cc1. The Morgan fingerprint density at radius 1 is 1.14 bits per heavy atom. The summed E-state index contributed by atoms with van der Waals surface area (Å²) in [7, 11) is 0. The molecule has 150 valence electrons. The van der Waals surface area contributed by atoms with Gasteiger partial charge in [0.25, 0.3) is 0 Å². The number of likely N-dealkylation sites (tertiary alicyclic amines) is 1. The van der Waals surface area contributed by atoms with Gasteiger partial charge in [-0.1, -0.05) is 43.7 Å². The van der Waals surface area contributed by atoms with Gasteiger partial charge in [0.15, 0.2) is 0 Å². The van der Waals surface area contributed by atoms with E-state index in [1.165, 1.54) is 10.5 Å². The second-order valence-electron chi connectivity index (χ2n) is 7.49. The number of carbonyl (C=O) groups excluding carboxylic acids is 3. The number of hydrogen-bond donors (Lipinski definition) is 1. The van der Waals surface area contributed by atoms with Crippen molar-refractivity contribution in [2.45, 2.75) is 51.3 Å². The highest BCUT2D eigenvalue weighted by molar-refractivity contribution is 6.00. The molecule has 29 heavy (non-hydrogen) atoms. The molecule has 1 fully saturated rings. The molecule has 0 bridgehead atoms. The van der Waals surface area contributed by atoms with Crippen LogP contribution in [-0.2, 0) is 20.7 Å². The fourth-order valence-electron chi connectivity index (χ4n) is 3.95. The molecule has 0 unspecified atom stereocenters. The van der Waals surface area contributed by atoms with Crippen LogP contribution in [0.5, 0.6) is 0 Å². The molecule has 0 aliphatic carbocycles. The van der Waals surface area contributed by atoms with Crippen LogP contribution >= 0.6 is 0 Å². The molecule has 2 aromatic carbocycles. The summed E-state index contributed by atoms with van der Waals surface area (Å²) in [5.41, 5.74) is 3.00. The number of benzene rings is 2. The minimum absolute atomic E-state index is 0.186. The van der Waals surface area contributed by atoms with Crippen LogP contribution in [0.25, 0.3) is 0 Å². The van der Waals surface area contributed by atoms with Gasteiger partial charge in [0, 0.05) is 17.7 Å². The predicted molar refractivity (Wildman–Crippen MR) is 108 cm³/mol. The van der Waals surface area contributed by atoms with Gasteiger partial charge in [0.1, 0.15) is 6.04 Å². The van der Waals surface area contributed by atoms with E-state index in [1.807, 2.05) is 24.3 Å². The highest BCUT2D eigenvalue weighted by Crippen LogP contribution is 2.38. The van der Waals surface area contributed by atoms with E-state index in [0.29, 0.717) is 23.2 Å². The summed E-state index contributed by atoms with van der Waals surface area (Å²) in [5.74, 6) is -0.917. The molecule has 2 aliphatic heterocycles. The number of carbonyl (C=O) groups is 3. The Morgan fingerprint density at radius 2 is 1.90 bits per heavy atom. The summed E-state index contributed by atoms with van der Waals surface area (Å²) in [6.45, 7) is 2.16. The van der Waals surface area contributed by atoms with Gasteiger partial charge in [-0.3, -0.25) is 14.5 Å². The second kappa shape index (κ2) is 8.07. The number of nitrogens with zero attached hydrogens (tertiary/aromatic N) is 1. The van der Waals surface area contributed by atoms with Gasteiger partial charge in [-0.2, -0.15) is 0 Å². The van der Waals surface area contributed by atoms with Crippen LogP contribution in [0, 0.1) is 0 Å². The molecule has 2 atom stereocenters. The Bertz CT molecular complexity index is 938. The third kappa shape index (κ3) is 3.75. The first-order chi connectivity index (χ1) is 14.1. The Morgan fingerprint density at radius 3 is 2.66 bits per heavy atom. The molecular formula is C23H24N2O4. The number of aryl methyl sites for hydroxylation is 1. The number of ether oxygens (including phenoxy) is 1. The fraction of sp³-hybridized carbons (Fsp3) is 0.348. The summed E-state index contributed by atoms with van der Waals surface area (Å²) in [6, 6.07) is 14.1. The molecule has 4 rings (SSSR count). The van der Waals surface area contributed by atoms with Gasteiger partial charge in [-0.25, -0.2) is 4.79 Å². The van der Waals surface area contributed by atoms with Gasteiger partial charge < -0.3 is 10.1 Å². The number of amides is 2. The molecule has 1 saturated heterocycles. The lowest BCUT2D eigenvalue weighted by atomic mass is 10.1. The summed E-state index contributed by atoms with van der Waals surface area (Å²) in [5, 5.41) is 2.90. The van der Waals surface area contributed by atoms with Crippen molar-refractivity contribution in [3.05, 3.63) is 65.2 Å². The molecule has 2 aliphatic rings. The molecule has 2 amide bonds. The molecule has 0 aromatic heterocycles. The molecule has 6 heteroatoms. The number of nitrogens with one attached hydrogen (secondary N) is 1. The second-order valence-corrected chi connectivity index (χ2v) is 7.49. The summed E-state index contributed by atoms with van der Waals surface area (Å²) in [6.07, 6.45) is 3.09. The minimum atomic E-state index is -0.846. The molecule has 2 heterocycles. The molecule has 0 radical (unpaired) electrons. The first-order valence-corrected chi connectivity index (χ1v) is 10.1. The zero-order chi connectivity index (χ0) is 20.4. The summed E-state index contributed by atoms with van der Waals surface area (Å²) < 4.78 is 5.46. The lowest BCUT2D eigenvalue weighted by Crippen LogP contribution is -2.43. The highest BCUT2D eigenvalue weighted by atomic mass is 16.6.